The second-order valence-corrected chi connectivity index (χ2v) is 21.3. The predicted octanol–water partition coefficient (Wildman–Crippen LogP) is 15.9. The molecule has 0 radical (unpaired) electrons. The summed E-state index contributed by atoms with van der Waals surface area (Å²) in [5.74, 6) is -0.216. The number of aliphatic hydroxyl groups is 1. The molecule has 0 spiro atoms. The first-order chi connectivity index (χ1) is 32.0. The summed E-state index contributed by atoms with van der Waals surface area (Å²) in [5, 5.41) is 13.8. The van der Waals surface area contributed by atoms with Gasteiger partial charge in [0, 0.05) is 6.42 Å². The topological polar surface area (TPSA) is 108 Å². The fourth-order valence-electron chi connectivity index (χ4n) is 7.80. The minimum absolute atomic E-state index is 0.0116. The molecule has 8 nitrogen and oxygen atoms in total. The normalized spacial score (nSPS) is 14.5. The maximum atomic E-state index is 12.9. The van der Waals surface area contributed by atoms with E-state index in [4.69, 9.17) is 9.05 Å². The molecule has 0 bridgehead atoms. The van der Waals surface area contributed by atoms with Crippen LogP contribution in [0, 0.1) is 0 Å². The maximum absolute atomic E-state index is 12.9. The highest BCUT2D eigenvalue weighted by Gasteiger charge is 2.23. The molecule has 0 aromatic carbocycles. The Bertz CT molecular complexity index is 1260. The number of phosphoric ester groups is 1. The number of allylic oxidation sites excluding steroid dienone is 9. The lowest BCUT2D eigenvalue weighted by atomic mass is 10.1. The van der Waals surface area contributed by atoms with E-state index in [1.54, 1.807) is 6.08 Å². The number of unbranched alkanes of at least 4 members (excludes halogenated alkanes) is 29. The van der Waals surface area contributed by atoms with E-state index in [0.29, 0.717) is 17.4 Å². The molecule has 3 unspecified atom stereocenters. The van der Waals surface area contributed by atoms with Gasteiger partial charge in [-0.15, -0.1) is 0 Å². The third-order valence-corrected chi connectivity index (χ3v) is 13.1. The van der Waals surface area contributed by atoms with Gasteiger partial charge in [0.25, 0.3) is 7.82 Å². The first kappa shape index (κ1) is 64.2. The average molecular weight is 947 g/mol. The third-order valence-electron chi connectivity index (χ3n) is 12.2. The Morgan fingerprint density at radius 2 is 0.894 bits per heavy atom. The molecule has 0 saturated heterocycles. The van der Waals surface area contributed by atoms with Crippen LogP contribution in [0.1, 0.15) is 245 Å². The van der Waals surface area contributed by atoms with E-state index in [9.17, 15) is 19.4 Å². The molecule has 1 amide bonds. The van der Waals surface area contributed by atoms with Crippen LogP contribution >= 0.6 is 7.82 Å². The average Bonchev–Trinajstić information content (AvgIpc) is 3.28. The molecule has 0 aliphatic carbocycles. The van der Waals surface area contributed by atoms with Gasteiger partial charge in [0.1, 0.15) is 13.2 Å². The Morgan fingerprint density at radius 1 is 0.530 bits per heavy atom. The van der Waals surface area contributed by atoms with Gasteiger partial charge in [0.05, 0.1) is 39.9 Å². The summed E-state index contributed by atoms with van der Waals surface area (Å²) in [6.07, 6.45) is 64.3. The van der Waals surface area contributed by atoms with Crippen molar-refractivity contribution in [2.45, 2.75) is 257 Å². The molecule has 0 aromatic heterocycles. The van der Waals surface area contributed by atoms with E-state index in [1.807, 2.05) is 27.2 Å². The van der Waals surface area contributed by atoms with Crippen LogP contribution in [0.2, 0.25) is 0 Å². The number of amides is 1. The molecule has 3 atom stereocenters. The fraction of sp³-hybridized carbons (Fsp3) is 0.807. The van der Waals surface area contributed by atoms with Gasteiger partial charge in [0.2, 0.25) is 5.91 Å². The monoisotopic (exact) mass is 947 g/mol. The number of nitrogens with one attached hydrogen (secondary N) is 1. The van der Waals surface area contributed by atoms with Gasteiger partial charge in [0.15, 0.2) is 0 Å². The molecule has 0 saturated carbocycles. The first-order valence-corrected chi connectivity index (χ1v) is 29.1. The zero-order chi connectivity index (χ0) is 48.5. The Hall–Kier alpha value is -1.80. The SMILES string of the molecule is CCCCCCCCCCC/C=C\C/C=C\CCCCCCCCCCCC(=O)NC(COP(=O)([O-])OCC[N+](C)(C)C)C(O)/C=C/CC/C=C/CC/C=C/CCCCCCCCCCC. The van der Waals surface area contributed by atoms with Crippen LogP contribution in [0.25, 0.3) is 0 Å². The highest BCUT2D eigenvalue weighted by molar-refractivity contribution is 7.45. The van der Waals surface area contributed by atoms with Crippen molar-refractivity contribution in [3.05, 3.63) is 60.8 Å². The van der Waals surface area contributed by atoms with Gasteiger partial charge in [-0.1, -0.05) is 222 Å². The molecule has 2 N–H and O–H groups in total. The van der Waals surface area contributed by atoms with Crippen LogP contribution in [0.15, 0.2) is 60.8 Å². The second-order valence-electron chi connectivity index (χ2n) is 19.9. The number of rotatable bonds is 50. The smallest absolute Gasteiger partial charge is 0.268 e. The van der Waals surface area contributed by atoms with E-state index in [0.717, 1.165) is 51.4 Å². The van der Waals surface area contributed by atoms with Crippen molar-refractivity contribution in [2.75, 3.05) is 40.9 Å². The number of aliphatic hydroxyl groups excluding tert-OH is 1. The Balaban J connectivity index is 4.32. The molecule has 0 rings (SSSR count). The molecular formula is C57H107N2O6P. The zero-order valence-electron chi connectivity index (χ0n) is 43.9. The summed E-state index contributed by atoms with van der Waals surface area (Å²) in [6.45, 7) is 4.62. The maximum Gasteiger partial charge on any atom is 0.268 e. The zero-order valence-corrected chi connectivity index (χ0v) is 44.8. The van der Waals surface area contributed by atoms with Gasteiger partial charge in [-0.25, -0.2) is 0 Å². The molecule has 0 aromatic rings. The van der Waals surface area contributed by atoms with Crippen molar-refractivity contribution in [3.8, 4) is 0 Å². The third kappa shape index (κ3) is 50.1. The van der Waals surface area contributed by atoms with Crippen LogP contribution in [-0.2, 0) is 18.4 Å². The fourth-order valence-corrected chi connectivity index (χ4v) is 8.53. The lowest BCUT2D eigenvalue weighted by Crippen LogP contribution is -2.45. The van der Waals surface area contributed by atoms with E-state index >= 15 is 0 Å². The molecule has 386 valence electrons. The van der Waals surface area contributed by atoms with Crippen LogP contribution in [-0.4, -0.2) is 68.5 Å². The van der Waals surface area contributed by atoms with Crippen LogP contribution in [0.4, 0.5) is 0 Å². The Morgan fingerprint density at radius 3 is 1.32 bits per heavy atom. The largest absolute Gasteiger partial charge is 0.756 e. The summed E-state index contributed by atoms with van der Waals surface area (Å²) in [7, 11) is 1.23. The number of quaternary nitrogens is 1. The number of hydrogen-bond donors (Lipinski definition) is 2. The van der Waals surface area contributed by atoms with Crippen molar-refractivity contribution in [3.63, 3.8) is 0 Å². The van der Waals surface area contributed by atoms with Crippen LogP contribution in [0.3, 0.4) is 0 Å². The molecule has 0 aliphatic rings. The van der Waals surface area contributed by atoms with Crippen molar-refractivity contribution < 1.29 is 32.9 Å². The lowest BCUT2D eigenvalue weighted by molar-refractivity contribution is -0.870. The predicted molar refractivity (Wildman–Crippen MR) is 284 cm³/mol. The molecular weight excluding hydrogens is 840 g/mol. The number of carbonyl (C=O) groups excluding carboxylic acids is 1. The highest BCUT2D eigenvalue weighted by atomic mass is 31.2. The summed E-state index contributed by atoms with van der Waals surface area (Å²) < 4.78 is 23.3. The molecule has 0 aliphatic heterocycles. The van der Waals surface area contributed by atoms with Gasteiger partial charge >= 0.3 is 0 Å². The highest BCUT2D eigenvalue weighted by Crippen LogP contribution is 2.38. The van der Waals surface area contributed by atoms with Crippen molar-refractivity contribution in [2.24, 2.45) is 0 Å². The first-order valence-electron chi connectivity index (χ1n) is 27.7. The Kier molecular flexibility index (Phi) is 46.9. The van der Waals surface area contributed by atoms with Crippen molar-refractivity contribution >= 4 is 13.7 Å². The van der Waals surface area contributed by atoms with Crippen LogP contribution < -0.4 is 10.2 Å². The molecule has 0 fully saturated rings. The number of phosphoric acid groups is 1. The van der Waals surface area contributed by atoms with E-state index in [1.165, 1.54) is 173 Å². The lowest BCUT2D eigenvalue weighted by Gasteiger charge is -2.29. The number of hydrogen-bond acceptors (Lipinski definition) is 6. The van der Waals surface area contributed by atoms with Crippen molar-refractivity contribution in [1.82, 2.24) is 5.32 Å². The minimum atomic E-state index is -4.61. The molecule has 66 heavy (non-hydrogen) atoms. The summed E-state index contributed by atoms with van der Waals surface area (Å²) >= 11 is 0. The Labute approximate surface area is 409 Å². The minimum Gasteiger partial charge on any atom is -0.756 e. The van der Waals surface area contributed by atoms with E-state index < -0.39 is 26.6 Å². The van der Waals surface area contributed by atoms with Gasteiger partial charge in [-0.3, -0.25) is 9.36 Å². The standard InChI is InChI=1S/C57H107N2O6P/c1-6-8-10-12-14-16-18-20-22-24-26-27-28-29-30-31-33-35-37-39-41-43-45-47-49-51-57(61)58-55(54-65-66(62,63)64-53-52-59(3,4)5)56(60)50-48-46-44-42-40-38-36-34-32-25-23-21-19-17-15-13-11-9-7-2/h26-27,29-30,32,34,40,42,48,50,55-56,60H,6-25,28,31,33,35-39,41,43-47,49,51-54H2,1-5H3,(H-,58,61,62,63)/b27-26-,30-29-,34-32+,42-40+,50-48+. The van der Waals surface area contributed by atoms with Crippen LogP contribution in [0.5, 0.6) is 0 Å². The number of carbonyl (C=O) groups is 1. The van der Waals surface area contributed by atoms with E-state index in [2.05, 4.69) is 67.8 Å². The van der Waals surface area contributed by atoms with E-state index in [-0.39, 0.29) is 12.5 Å². The quantitative estimate of drug-likeness (QED) is 0.0272. The van der Waals surface area contributed by atoms with Gasteiger partial charge in [-0.05, 0) is 77.0 Å². The van der Waals surface area contributed by atoms with Gasteiger partial charge in [-0.2, -0.15) is 0 Å². The second kappa shape index (κ2) is 48.2. The van der Waals surface area contributed by atoms with Crippen molar-refractivity contribution in [1.29, 1.82) is 0 Å². The summed E-state index contributed by atoms with van der Waals surface area (Å²) in [6, 6.07) is -0.914. The summed E-state index contributed by atoms with van der Waals surface area (Å²) in [5.41, 5.74) is 0. The number of likely N-dealkylation sites (N-methyl/N-ethyl adjacent to an activating group) is 1. The molecule has 0 heterocycles. The summed E-state index contributed by atoms with van der Waals surface area (Å²) in [4.78, 5) is 25.5. The molecule has 9 heteroatoms. The van der Waals surface area contributed by atoms with Gasteiger partial charge < -0.3 is 28.8 Å². The number of nitrogens with zero attached hydrogens (tertiary/aromatic N) is 1.